The van der Waals surface area contributed by atoms with E-state index < -0.39 is 21.0 Å². The van der Waals surface area contributed by atoms with Gasteiger partial charge in [0, 0.05) is 0 Å². The van der Waals surface area contributed by atoms with E-state index in [-0.39, 0.29) is 6.15 Å². The van der Waals surface area contributed by atoms with E-state index in [1.807, 2.05) is 0 Å². The number of carbonyl (C=O) groups is 1. The van der Waals surface area contributed by atoms with Crippen LogP contribution in [0.1, 0.15) is 33.6 Å². The van der Waals surface area contributed by atoms with Gasteiger partial charge in [-0.1, -0.05) is 26.7 Å². The van der Waals surface area contributed by atoms with Crippen LogP contribution in [0.2, 0.25) is 0 Å². The predicted molar refractivity (Wildman–Crippen MR) is 66.9 cm³/mol. The lowest BCUT2D eigenvalue weighted by Gasteiger charge is -2.28. The van der Waals surface area contributed by atoms with Gasteiger partial charge in [-0.2, -0.15) is 8.42 Å². The van der Waals surface area contributed by atoms with E-state index in [4.69, 9.17) is 9.66 Å². The fourth-order valence-corrected chi connectivity index (χ4v) is 1.21. The molecule has 17 heavy (non-hydrogen) atoms. The molecule has 0 bridgehead atoms. The summed E-state index contributed by atoms with van der Waals surface area (Å²) >= 11 is 0. The summed E-state index contributed by atoms with van der Waals surface area (Å²) in [6.45, 7) is 5.27. The van der Waals surface area contributed by atoms with Crippen molar-refractivity contribution < 1.29 is 22.9 Å². The molecular formula is C9H24N2O5S. The molecule has 1 unspecified atom stereocenters. The zero-order chi connectivity index (χ0) is 13.6. The highest BCUT2D eigenvalue weighted by Crippen LogP contribution is 2.18. The van der Waals surface area contributed by atoms with Gasteiger partial charge in [0.2, 0.25) is 4.87 Å². The van der Waals surface area contributed by atoms with Crippen LogP contribution in [0.3, 0.4) is 0 Å². The second-order valence-electron chi connectivity index (χ2n) is 3.66. The third-order valence-electron chi connectivity index (χ3n) is 2.25. The predicted octanol–water partition coefficient (Wildman–Crippen LogP) is 1.21. The van der Waals surface area contributed by atoms with E-state index in [0.29, 0.717) is 0 Å². The Morgan fingerprint density at radius 1 is 1.24 bits per heavy atom. The highest BCUT2D eigenvalue weighted by Gasteiger charge is 2.48. The van der Waals surface area contributed by atoms with E-state index in [9.17, 15) is 13.2 Å². The Morgan fingerprint density at radius 2 is 1.53 bits per heavy atom. The first-order valence-corrected chi connectivity index (χ1v) is 6.37. The normalized spacial score (nSPS) is 14.1. The summed E-state index contributed by atoms with van der Waals surface area (Å²) in [7, 11) is -2.13. The Kier molecular flexibility index (Phi) is 10.7. The van der Waals surface area contributed by atoms with Crippen molar-refractivity contribution in [3.8, 4) is 0 Å². The molecular weight excluding hydrogens is 248 g/mol. The average molecular weight is 272 g/mol. The van der Waals surface area contributed by atoms with Crippen molar-refractivity contribution in [3.05, 3.63) is 0 Å². The van der Waals surface area contributed by atoms with Gasteiger partial charge in [-0.15, -0.1) is 0 Å². The summed E-state index contributed by atoms with van der Waals surface area (Å²) < 4.78 is 30.0. The summed E-state index contributed by atoms with van der Waals surface area (Å²) in [5.41, 5.74) is 0. The van der Waals surface area contributed by atoms with Crippen molar-refractivity contribution in [1.82, 2.24) is 11.1 Å². The van der Waals surface area contributed by atoms with Crippen LogP contribution in [0.4, 0.5) is 0 Å². The van der Waals surface area contributed by atoms with Crippen LogP contribution < -0.4 is 6.15 Å². The topological polar surface area (TPSA) is 130 Å². The molecule has 0 heterocycles. The van der Waals surface area contributed by atoms with Crippen LogP contribution in [0.5, 0.6) is 0 Å². The standard InChI is InChI=1S/C5H11NO5S.C4H10.H3N/c1-5(4(7)8,6(2)3)12(9,10)11;1-3-4-2;/h1-3H3,(H,7,8)(H,9,10,11);3-4H2,1-2H3;1H3. The number of hydrogen-bond acceptors (Lipinski definition) is 5. The van der Waals surface area contributed by atoms with Gasteiger partial charge >= 0.3 is 5.97 Å². The second-order valence-corrected chi connectivity index (χ2v) is 5.40. The van der Waals surface area contributed by atoms with Gasteiger partial charge in [-0.05, 0) is 21.0 Å². The molecule has 1 atom stereocenters. The smallest absolute Gasteiger partial charge is 0.342 e. The number of carboxylic acid groups (broad SMARTS) is 1. The monoisotopic (exact) mass is 272 g/mol. The third kappa shape index (κ3) is 5.97. The van der Waals surface area contributed by atoms with Crippen LogP contribution in [0.25, 0.3) is 0 Å². The molecule has 0 aromatic rings. The van der Waals surface area contributed by atoms with E-state index in [2.05, 4.69) is 13.8 Å². The van der Waals surface area contributed by atoms with Crippen LogP contribution in [-0.4, -0.2) is 47.9 Å². The first-order chi connectivity index (χ1) is 7.05. The molecule has 106 valence electrons. The summed E-state index contributed by atoms with van der Waals surface area (Å²) in [5, 5.41) is 8.56. The van der Waals surface area contributed by atoms with E-state index in [1.54, 1.807) is 0 Å². The Hall–Kier alpha value is -0.700. The number of nitrogens with zero attached hydrogens (tertiary/aromatic N) is 1. The maximum Gasteiger partial charge on any atom is 0.342 e. The molecule has 0 fully saturated rings. The Bertz CT molecular complexity index is 313. The van der Waals surface area contributed by atoms with Crippen LogP contribution in [-0.2, 0) is 14.9 Å². The minimum atomic E-state index is -4.64. The van der Waals surface area contributed by atoms with E-state index in [0.717, 1.165) is 11.8 Å². The molecule has 0 rings (SSSR count). The molecule has 0 aromatic carbocycles. The lowest BCUT2D eigenvalue weighted by Crippen LogP contribution is -2.54. The minimum Gasteiger partial charge on any atom is -0.479 e. The van der Waals surface area contributed by atoms with Gasteiger partial charge < -0.3 is 11.3 Å². The Morgan fingerprint density at radius 3 is 1.53 bits per heavy atom. The molecule has 7 nitrogen and oxygen atoms in total. The quantitative estimate of drug-likeness (QED) is 0.655. The number of unbranched alkanes of at least 4 members (excludes halogenated alkanes) is 1. The van der Waals surface area contributed by atoms with Crippen molar-refractivity contribution in [2.24, 2.45) is 0 Å². The molecule has 0 aliphatic heterocycles. The van der Waals surface area contributed by atoms with Crippen LogP contribution in [0, 0.1) is 0 Å². The molecule has 0 spiro atoms. The molecule has 8 heteroatoms. The van der Waals surface area contributed by atoms with Crippen LogP contribution >= 0.6 is 0 Å². The van der Waals surface area contributed by atoms with Crippen molar-refractivity contribution in [1.29, 1.82) is 0 Å². The molecule has 5 N–H and O–H groups in total. The Balaban J connectivity index is -0.000000340. The van der Waals surface area contributed by atoms with Gasteiger partial charge in [0.05, 0.1) is 0 Å². The highest BCUT2D eigenvalue weighted by atomic mass is 32.2. The highest BCUT2D eigenvalue weighted by molar-refractivity contribution is 7.88. The first kappa shape index (κ1) is 21.6. The van der Waals surface area contributed by atoms with Crippen LogP contribution in [0.15, 0.2) is 0 Å². The lowest BCUT2D eigenvalue weighted by atomic mass is 10.3. The summed E-state index contributed by atoms with van der Waals surface area (Å²) in [6.07, 6.45) is 2.64. The second kappa shape index (κ2) is 8.40. The van der Waals surface area contributed by atoms with Crippen molar-refractivity contribution in [2.45, 2.75) is 38.5 Å². The number of carboxylic acids is 1. The molecule has 0 saturated carbocycles. The van der Waals surface area contributed by atoms with Gasteiger partial charge in [0.25, 0.3) is 10.1 Å². The fraction of sp³-hybridized carbons (Fsp3) is 0.889. The van der Waals surface area contributed by atoms with Gasteiger partial charge in [0.15, 0.2) is 0 Å². The molecule has 0 saturated heterocycles. The zero-order valence-electron chi connectivity index (χ0n) is 11.1. The molecule has 0 aromatic heterocycles. The number of rotatable bonds is 4. The summed E-state index contributed by atoms with van der Waals surface area (Å²) in [6, 6.07) is 0. The number of likely N-dealkylation sites (N-methyl/N-ethyl adjacent to an activating group) is 1. The van der Waals surface area contributed by atoms with Crippen molar-refractivity contribution >= 4 is 16.1 Å². The molecule has 0 radical (unpaired) electrons. The maximum atomic E-state index is 10.7. The average Bonchev–Trinajstić information content (AvgIpc) is 2.14. The maximum absolute atomic E-state index is 10.7. The van der Waals surface area contributed by atoms with E-state index in [1.165, 1.54) is 26.9 Å². The number of aliphatic carboxylic acids is 1. The largest absolute Gasteiger partial charge is 0.479 e. The summed E-state index contributed by atoms with van der Waals surface area (Å²) in [4.78, 5) is 9.15. The minimum absolute atomic E-state index is 0. The zero-order valence-corrected chi connectivity index (χ0v) is 11.9. The summed E-state index contributed by atoms with van der Waals surface area (Å²) in [5.74, 6) is -1.62. The molecule has 0 aliphatic carbocycles. The lowest BCUT2D eigenvalue weighted by molar-refractivity contribution is -0.144. The molecule has 0 aliphatic rings. The van der Waals surface area contributed by atoms with E-state index >= 15 is 0 Å². The third-order valence-corrected chi connectivity index (χ3v) is 3.80. The SMILES string of the molecule is CCCC.CN(C)C(C)(C(=O)O)S(=O)(=O)O.N. The Labute approximate surface area is 103 Å². The van der Waals surface area contributed by atoms with Crippen molar-refractivity contribution in [3.63, 3.8) is 0 Å². The van der Waals surface area contributed by atoms with Gasteiger partial charge in [-0.3, -0.25) is 9.45 Å². The van der Waals surface area contributed by atoms with Gasteiger partial charge in [-0.25, -0.2) is 4.79 Å². The first-order valence-electron chi connectivity index (χ1n) is 4.93. The van der Waals surface area contributed by atoms with Gasteiger partial charge in [0.1, 0.15) is 0 Å². The number of hydrogen-bond donors (Lipinski definition) is 3. The molecule has 0 amide bonds. The fourth-order valence-electron chi connectivity index (χ4n) is 0.532. The van der Waals surface area contributed by atoms with Crippen molar-refractivity contribution in [2.75, 3.05) is 14.1 Å².